The Morgan fingerprint density at radius 1 is 1.20 bits per heavy atom. The minimum absolute atomic E-state index is 0.00495. The molecule has 2 fully saturated rings. The van der Waals surface area contributed by atoms with Crippen LogP contribution in [0.25, 0.3) is 0 Å². The van der Waals surface area contributed by atoms with Gasteiger partial charge in [-0.2, -0.15) is 0 Å². The number of nitrogens with one attached hydrogen (secondary N) is 1. The van der Waals surface area contributed by atoms with Gasteiger partial charge in [0, 0.05) is 31.7 Å². The summed E-state index contributed by atoms with van der Waals surface area (Å²) in [5.74, 6) is 1.06. The van der Waals surface area contributed by atoms with E-state index in [1.54, 1.807) is 12.1 Å². The summed E-state index contributed by atoms with van der Waals surface area (Å²) in [5, 5.41) is 3.03. The molecule has 0 radical (unpaired) electrons. The van der Waals surface area contributed by atoms with E-state index in [1.165, 1.54) is 25.0 Å². The minimum Gasteiger partial charge on any atom is -0.357 e. The quantitative estimate of drug-likeness (QED) is 0.910. The molecule has 25 heavy (non-hydrogen) atoms. The fourth-order valence-electron chi connectivity index (χ4n) is 3.57. The molecule has 4 rings (SSSR count). The number of carbonyl (C=O) groups excluding carboxylic acids is 1. The Balaban J connectivity index is 1.32. The minimum atomic E-state index is -0.239. The van der Waals surface area contributed by atoms with Crippen LogP contribution in [0.4, 0.5) is 10.2 Å². The van der Waals surface area contributed by atoms with Crippen molar-refractivity contribution in [2.75, 3.05) is 18.0 Å². The van der Waals surface area contributed by atoms with Crippen molar-refractivity contribution in [1.29, 1.82) is 0 Å². The van der Waals surface area contributed by atoms with E-state index < -0.39 is 0 Å². The third-order valence-corrected chi connectivity index (χ3v) is 5.13. The lowest BCUT2D eigenvalue weighted by Gasteiger charge is -2.17. The van der Waals surface area contributed by atoms with E-state index in [0.717, 1.165) is 36.5 Å². The molecule has 1 aliphatic carbocycles. The Kier molecular flexibility index (Phi) is 4.38. The highest BCUT2D eigenvalue weighted by Gasteiger charge is 2.43. The first kappa shape index (κ1) is 16.1. The van der Waals surface area contributed by atoms with Crippen molar-refractivity contribution in [2.45, 2.75) is 31.7 Å². The molecule has 1 saturated carbocycles. The van der Waals surface area contributed by atoms with Crippen molar-refractivity contribution in [2.24, 2.45) is 5.92 Å². The van der Waals surface area contributed by atoms with Crippen molar-refractivity contribution in [1.82, 2.24) is 10.3 Å². The average Bonchev–Trinajstić information content (AvgIpc) is 3.24. The molecule has 1 saturated heterocycles. The molecule has 1 N–H and O–H groups in total. The van der Waals surface area contributed by atoms with Gasteiger partial charge in [-0.05, 0) is 60.6 Å². The Morgan fingerprint density at radius 2 is 1.96 bits per heavy atom. The molecular formula is C20H22FN3O. The molecule has 2 unspecified atom stereocenters. The smallest absolute Gasteiger partial charge is 0.224 e. The Morgan fingerprint density at radius 3 is 2.72 bits per heavy atom. The van der Waals surface area contributed by atoms with Crippen LogP contribution in [0.5, 0.6) is 0 Å². The molecular weight excluding hydrogens is 317 g/mol. The van der Waals surface area contributed by atoms with Gasteiger partial charge in [-0.1, -0.05) is 12.1 Å². The number of nitrogens with zero attached hydrogens (tertiary/aromatic N) is 2. The summed E-state index contributed by atoms with van der Waals surface area (Å²) in [5.41, 5.74) is 2.12. The van der Waals surface area contributed by atoms with Crippen LogP contribution in [0, 0.1) is 11.7 Å². The third kappa shape index (κ3) is 3.65. The van der Waals surface area contributed by atoms with Gasteiger partial charge in [-0.25, -0.2) is 9.37 Å². The topological polar surface area (TPSA) is 45.2 Å². The summed E-state index contributed by atoms with van der Waals surface area (Å²) in [6.07, 6.45) is 5.09. The Labute approximate surface area is 147 Å². The van der Waals surface area contributed by atoms with E-state index in [9.17, 15) is 9.18 Å². The fraction of sp³-hybridized carbons (Fsp3) is 0.400. The van der Waals surface area contributed by atoms with Gasteiger partial charge in [-0.15, -0.1) is 0 Å². The second kappa shape index (κ2) is 6.82. The largest absolute Gasteiger partial charge is 0.357 e. The molecule has 5 heteroatoms. The monoisotopic (exact) mass is 339 g/mol. The van der Waals surface area contributed by atoms with Crippen molar-refractivity contribution in [3.05, 3.63) is 59.5 Å². The summed E-state index contributed by atoms with van der Waals surface area (Å²) >= 11 is 0. The molecule has 0 spiro atoms. The number of hydrogen-bond donors (Lipinski definition) is 1. The molecule has 0 bridgehead atoms. The zero-order chi connectivity index (χ0) is 17.2. The number of amides is 1. The second-order valence-electron chi connectivity index (χ2n) is 6.93. The molecule has 130 valence electrons. The van der Waals surface area contributed by atoms with Gasteiger partial charge in [0.15, 0.2) is 0 Å². The Hall–Kier alpha value is -2.43. The molecule has 2 atom stereocenters. The molecule has 2 aliphatic rings. The average molecular weight is 339 g/mol. The molecule has 1 amide bonds. The SMILES string of the molecule is O=C(NCc1ccnc(N2CCCC2)c1)C1CC1c1ccc(F)cc1. The van der Waals surface area contributed by atoms with Gasteiger partial charge >= 0.3 is 0 Å². The van der Waals surface area contributed by atoms with Gasteiger partial charge < -0.3 is 10.2 Å². The molecule has 2 aromatic rings. The number of carbonyl (C=O) groups is 1. The predicted octanol–water partition coefficient (Wildman–Crippen LogP) is 3.24. The normalized spacial score (nSPS) is 22.0. The fourth-order valence-corrected chi connectivity index (χ4v) is 3.57. The summed E-state index contributed by atoms with van der Waals surface area (Å²) < 4.78 is 13.0. The lowest BCUT2D eigenvalue weighted by molar-refractivity contribution is -0.122. The predicted molar refractivity (Wildman–Crippen MR) is 94.8 cm³/mol. The van der Waals surface area contributed by atoms with E-state index in [2.05, 4.69) is 21.3 Å². The highest BCUT2D eigenvalue weighted by Crippen LogP contribution is 2.47. The molecule has 1 aromatic carbocycles. The van der Waals surface area contributed by atoms with E-state index in [4.69, 9.17) is 0 Å². The summed E-state index contributed by atoms with van der Waals surface area (Å²) in [7, 11) is 0. The number of pyridine rings is 1. The van der Waals surface area contributed by atoms with E-state index >= 15 is 0 Å². The lowest BCUT2D eigenvalue weighted by Crippen LogP contribution is -2.25. The first-order valence-corrected chi connectivity index (χ1v) is 8.94. The first-order chi connectivity index (χ1) is 12.2. The van der Waals surface area contributed by atoms with E-state index in [0.29, 0.717) is 6.54 Å². The van der Waals surface area contributed by atoms with Crippen LogP contribution in [0.15, 0.2) is 42.6 Å². The zero-order valence-electron chi connectivity index (χ0n) is 14.1. The number of hydrogen-bond acceptors (Lipinski definition) is 3. The maximum Gasteiger partial charge on any atom is 0.224 e. The number of rotatable bonds is 5. The van der Waals surface area contributed by atoms with Crippen LogP contribution in [0.3, 0.4) is 0 Å². The van der Waals surface area contributed by atoms with Crippen LogP contribution in [-0.4, -0.2) is 24.0 Å². The van der Waals surface area contributed by atoms with Crippen molar-refractivity contribution >= 4 is 11.7 Å². The third-order valence-electron chi connectivity index (χ3n) is 5.13. The number of aromatic nitrogens is 1. The highest BCUT2D eigenvalue weighted by atomic mass is 19.1. The van der Waals surface area contributed by atoms with E-state index in [1.807, 2.05) is 12.3 Å². The van der Waals surface area contributed by atoms with Crippen LogP contribution < -0.4 is 10.2 Å². The second-order valence-corrected chi connectivity index (χ2v) is 6.93. The highest BCUT2D eigenvalue weighted by molar-refractivity contribution is 5.82. The van der Waals surface area contributed by atoms with Crippen molar-refractivity contribution in [3.63, 3.8) is 0 Å². The van der Waals surface area contributed by atoms with E-state index in [-0.39, 0.29) is 23.6 Å². The van der Waals surface area contributed by atoms with Gasteiger partial charge in [0.1, 0.15) is 11.6 Å². The maximum atomic E-state index is 13.0. The molecule has 4 nitrogen and oxygen atoms in total. The number of benzene rings is 1. The van der Waals surface area contributed by atoms with Gasteiger partial charge in [0.05, 0.1) is 0 Å². The summed E-state index contributed by atoms with van der Waals surface area (Å²) in [6.45, 7) is 2.64. The molecule has 1 aliphatic heterocycles. The standard InChI is InChI=1S/C20H22FN3O/c21-16-5-3-15(4-6-16)17-12-18(17)20(25)23-13-14-7-8-22-19(11-14)24-9-1-2-10-24/h3-8,11,17-18H,1-2,9-10,12-13H2,(H,23,25). The summed E-state index contributed by atoms with van der Waals surface area (Å²) in [4.78, 5) is 19.1. The number of halogens is 1. The maximum absolute atomic E-state index is 13.0. The molecule has 2 heterocycles. The van der Waals surface area contributed by atoms with Gasteiger partial charge in [-0.3, -0.25) is 4.79 Å². The van der Waals surface area contributed by atoms with Crippen LogP contribution >= 0.6 is 0 Å². The number of anilines is 1. The lowest BCUT2D eigenvalue weighted by atomic mass is 10.1. The molecule has 1 aromatic heterocycles. The first-order valence-electron chi connectivity index (χ1n) is 8.94. The van der Waals surface area contributed by atoms with Crippen LogP contribution in [0.1, 0.15) is 36.3 Å². The van der Waals surface area contributed by atoms with Crippen molar-refractivity contribution in [3.8, 4) is 0 Å². The Bertz CT molecular complexity index is 756. The van der Waals surface area contributed by atoms with Gasteiger partial charge in [0.2, 0.25) is 5.91 Å². The van der Waals surface area contributed by atoms with Crippen molar-refractivity contribution < 1.29 is 9.18 Å². The zero-order valence-corrected chi connectivity index (χ0v) is 14.1. The summed E-state index contributed by atoms with van der Waals surface area (Å²) in [6, 6.07) is 10.5. The van der Waals surface area contributed by atoms with Crippen LogP contribution in [0.2, 0.25) is 0 Å². The van der Waals surface area contributed by atoms with Gasteiger partial charge in [0.25, 0.3) is 0 Å². The van der Waals surface area contributed by atoms with Crippen LogP contribution in [-0.2, 0) is 11.3 Å².